The first kappa shape index (κ1) is 15.6. The van der Waals surface area contributed by atoms with E-state index < -0.39 is 0 Å². The van der Waals surface area contributed by atoms with Crippen LogP contribution in [0.4, 0.5) is 0 Å². The molecule has 1 atom stereocenters. The predicted octanol–water partition coefficient (Wildman–Crippen LogP) is 0.518. The molecular formula is C15H22N4O2S. The van der Waals surface area contributed by atoms with E-state index in [0.717, 1.165) is 31.1 Å². The van der Waals surface area contributed by atoms with Gasteiger partial charge in [-0.2, -0.15) is 0 Å². The second-order valence-electron chi connectivity index (χ2n) is 6.17. The summed E-state index contributed by atoms with van der Waals surface area (Å²) < 4.78 is 1.62. The number of rotatable bonds is 2. The van der Waals surface area contributed by atoms with Crippen molar-refractivity contribution in [2.45, 2.75) is 30.6 Å². The van der Waals surface area contributed by atoms with Crippen molar-refractivity contribution in [3.05, 3.63) is 22.6 Å². The van der Waals surface area contributed by atoms with Crippen LogP contribution in [-0.4, -0.2) is 64.2 Å². The lowest BCUT2D eigenvalue weighted by atomic mass is 10.0. The van der Waals surface area contributed by atoms with Gasteiger partial charge in [0.15, 0.2) is 5.16 Å². The lowest BCUT2D eigenvalue weighted by Crippen LogP contribution is -2.48. The molecule has 0 N–H and O–H groups in total. The number of thioether (sulfide) groups is 1. The Hall–Kier alpha value is -1.34. The van der Waals surface area contributed by atoms with Gasteiger partial charge in [-0.25, -0.2) is 4.98 Å². The minimum Gasteiger partial charge on any atom is -0.342 e. The topological polar surface area (TPSA) is 58.4 Å². The Kier molecular flexibility index (Phi) is 4.54. The predicted molar refractivity (Wildman–Crippen MR) is 86.0 cm³/mol. The van der Waals surface area contributed by atoms with Gasteiger partial charge in [0, 0.05) is 37.7 Å². The Balaban J connectivity index is 1.68. The molecule has 1 aromatic rings. The van der Waals surface area contributed by atoms with Gasteiger partial charge >= 0.3 is 0 Å². The smallest absolute Gasteiger partial charge is 0.254 e. The molecule has 7 heteroatoms. The first-order chi connectivity index (χ1) is 10.6. The molecule has 3 rings (SSSR count). The number of carbonyl (C=O) groups excluding carboxylic acids is 1. The third-order valence-electron chi connectivity index (χ3n) is 4.65. The van der Waals surface area contributed by atoms with Crippen LogP contribution in [-0.2, 0) is 11.3 Å². The Bertz CT molecular complexity index is 610. The molecule has 0 saturated carbocycles. The summed E-state index contributed by atoms with van der Waals surface area (Å²) in [5.41, 5.74) is -0.0723. The average molecular weight is 322 g/mol. The van der Waals surface area contributed by atoms with Crippen molar-refractivity contribution in [3.63, 3.8) is 0 Å². The highest BCUT2D eigenvalue weighted by molar-refractivity contribution is 7.99. The number of carbonyl (C=O) groups is 1. The number of nitrogens with zero attached hydrogens (tertiary/aromatic N) is 4. The molecule has 0 bridgehead atoms. The van der Waals surface area contributed by atoms with Gasteiger partial charge in [-0.1, -0.05) is 11.8 Å². The van der Waals surface area contributed by atoms with Crippen LogP contribution < -0.4 is 5.56 Å². The van der Waals surface area contributed by atoms with Crippen LogP contribution in [0.3, 0.4) is 0 Å². The minimum absolute atomic E-state index is 0.0723. The Morgan fingerprint density at radius 3 is 2.86 bits per heavy atom. The van der Waals surface area contributed by atoms with Crippen LogP contribution in [0, 0.1) is 5.92 Å². The minimum atomic E-state index is -0.135. The van der Waals surface area contributed by atoms with Crippen molar-refractivity contribution >= 4 is 17.7 Å². The van der Waals surface area contributed by atoms with Crippen molar-refractivity contribution in [1.29, 1.82) is 0 Å². The first-order valence-electron chi connectivity index (χ1n) is 7.70. The monoisotopic (exact) mass is 322 g/mol. The number of piperidine rings is 1. The summed E-state index contributed by atoms with van der Waals surface area (Å²) in [6.45, 7) is 2.52. The van der Waals surface area contributed by atoms with Crippen molar-refractivity contribution in [2.24, 2.45) is 5.92 Å². The SMILES string of the molecule is CN1CCC(N(C)C(=O)C2CSc3nccc(=O)n3C2)CC1. The molecule has 0 aliphatic carbocycles. The van der Waals surface area contributed by atoms with Crippen LogP contribution in [0.5, 0.6) is 0 Å². The van der Waals surface area contributed by atoms with Gasteiger partial charge < -0.3 is 9.80 Å². The van der Waals surface area contributed by atoms with Crippen molar-refractivity contribution in [1.82, 2.24) is 19.4 Å². The molecule has 1 amide bonds. The van der Waals surface area contributed by atoms with E-state index in [9.17, 15) is 9.59 Å². The van der Waals surface area contributed by atoms with E-state index in [1.54, 1.807) is 4.57 Å². The van der Waals surface area contributed by atoms with E-state index >= 15 is 0 Å². The molecular weight excluding hydrogens is 300 g/mol. The molecule has 1 unspecified atom stereocenters. The number of hydrogen-bond acceptors (Lipinski definition) is 5. The third kappa shape index (κ3) is 3.05. The van der Waals surface area contributed by atoms with Gasteiger partial charge in [0.05, 0.1) is 5.92 Å². The summed E-state index contributed by atoms with van der Waals surface area (Å²) in [6.07, 6.45) is 3.58. The fourth-order valence-corrected chi connectivity index (χ4v) is 4.20. The molecule has 2 aliphatic rings. The molecule has 3 heterocycles. The molecule has 22 heavy (non-hydrogen) atoms. The summed E-state index contributed by atoms with van der Waals surface area (Å²) in [4.78, 5) is 33.1. The number of likely N-dealkylation sites (tertiary alicyclic amines) is 1. The summed E-state index contributed by atoms with van der Waals surface area (Å²) in [5.74, 6) is 0.721. The van der Waals surface area contributed by atoms with E-state index in [1.165, 1.54) is 24.0 Å². The Labute approximate surface area is 134 Å². The Morgan fingerprint density at radius 1 is 1.41 bits per heavy atom. The average Bonchev–Trinajstić information content (AvgIpc) is 2.54. The zero-order chi connectivity index (χ0) is 15.7. The highest BCUT2D eigenvalue weighted by atomic mass is 32.2. The fourth-order valence-electron chi connectivity index (χ4n) is 3.15. The van der Waals surface area contributed by atoms with Crippen LogP contribution in [0.25, 0.3) is 0 Å². The maximum Gasteiger partial charge on any atom is 0.254 e. The number of aromatic nitrogens is 2. The van der Waals surface area contributed by atoms with E-state index in [2.05, 4.69) is 16.9 Å². The van der Waals surface area contributed by atoms with Gasteiger partial charge in [-0.15, -0.1) is 0 Å². The van der Waals surface area contributed by atoms with Crippen molar-refractivity contribution in [2.75, 3.05) is 32.9 Å². The van der Waals surface area contributed by atoms with E-state index in [4.69, 9.17) is 0 Å². The summed E-state index contributed by atoms with van der Waals surface area (Å²) >= 11 is 1.50. The van der Waals surface area contributed by atoms with Gasteiger partial charge in [0.25, 0.3) is 5.56 Å². The summed E-state index contributed by atoms with van der Waals surface area (Å²) in [7, 11) is 4.02. The quantitative estimate of drug-likeness (QED) is 0.743. The Morgan fingerprint density at radius 2 is 2.14 bits per heavy atom. The van der Waals surface area contributed by atoms with Crippen LogP contribution in [0.2, 0.25) is 0 Å². The van der Waals surface area contributed by atoms with Gasteiger partial charge in [-0.05, 0) is 33.0 Å². The highest BCUT2D eigenvalue weighted by Crippen LogP contribution is 2.26. The van der Waals surface area contributed by atoms with Gasteiger partial charge in [0.2, 0.25) is 5.91 Å². The standard InChI is InChI=1S/C15H22N4O2S/c1-17-7-4-12(5-8-17)18(2)14(21)11-9-19-13(20)3-6-16-15(19)22-10-11/h3,6,11-12H,4-5,7-10H2,1-2H3. The fraction of sp³-hybridized carbons (Fsp3) is 0.667. The van der Waals surface area contributed by atoms with E-state index in [1.807, 2.05) is 11.9 Å². The largest absolute Gasteiger partial charge is 0.342 e. The molecule has 6 nitrogen and oxygen atoms in total. The lowest BCUT2D eigenvalue weighted by Gasteiger charge is -2.37. The zero-order valence-corrected chi connectivity index (χ0v) is 13.9. The number of fused-ring (bicyclic) bond motifs is 1. The van der Waals surface area contributed by atoms with Gasteiger partial charge in [0.1, 0.15) is 0 Å². The van der Waals surface area contributed by atoms with Gasteiger partial charge in [-0.3, -0.25) is 14.2 Å². The molecule has 1 aromatic heterocycles. The molecule has 0 radical (unpaired) electrons. The molecule has 1 fully saturated rings. The number of hydrogen-bond donors (Lipinski definition) is 0. The second kappa shape index (κ2) is 6.42. The van der Waals surface area contributed by atoms with E-state index in [-0.39, 0.29) is 17.4 Å². The van der Waals surface area contributed by atoms with Crippen LogP contribution in [0.1, 0.15) is 12.8 Å². The van der Waals surface area contributed by atoms with E-state index in [0.29, 0.717) is 18.3 Å². The highest BCUT2D eigenvalue weighted by Gasteiger charge is 2.32. The summed E-state index contributed by atoms with van der Waals surface area (Å²) in [6, 6.07) is 1.78. The maximum atomic E-state index is 12.8. The molecule has 1 saturated heterocycles. The molecule has 0 aromatic carbocycles. The first-order valence-corrected chi connectivity index (χ1v) is 8.68. The third-order valence-corrected chi connectivity index (χ3v) is 5.80. The van der Waals surface area contributed by atoms with Crippen LogP contribution in [0.15, 0.2) is 22.2 Å². The normalized spacial score (nSPS) is 23.1. The lowest BCUT2D eigenvalue weighted by molar-refractivity contribution is -0.137. The maximum absolute atomic E-state index is 12.8. The molecule has 0 spiro atoms. The molecule has 2 aliphatic heterocycles. The van der Waals surface area contributed by atoms with Crippen molar-refractivity contribution in [3.8, 4) is 0 Å². The zero-order valence-electron chi connectivity index (χ0n) is 13.1. The second-order valence-corrected chi connectivity index (χ2v) is 7.15. The number of amides is 1. The van der Waals surface area contributed by atoms with Crippen molar-refractivity contribution < 1.29 is 4.79 Å². The summed E-state index contributed by atoms with van der Waals surface area (Å²) in [5, 5.41) is 0.721. The van der Waals surface area contributed by atoms with Crippen LogP contribution >= 0.6 is 11.8 Å². The molecule has 120 valence electrons.